The Hall–Kier alpha value is -3.75. The molecule has 0 radical (unpaired) electrons. The van der Waals surface area contributed by atoms with Crippen molar-refractivity contribution in [3.8, 4) is 17.1 Å². The molecule has 9 heteroatoms. The molecular formula is C27H28FN5O3. The van der Waals surface area contributed by atoms with Crippen molar-refractivity contribution in [2.45, 2.75) is 51.7 Å². The van der Waals surface area contributed by atoms with Crippen LogP contribution in [-0.2, 0) is 4.79 Å². The number of aliphatic carboxylic acids is 1. The standard InChI is InChI=1S/C27H28FN5O3/c1-13(2)36-20-5-3-4-17-23(20)32-26(19-12-30-24-18(19)10-16(28)11-29-24)33-25(17)31-22-15-8-6-14(7-9-15)21(22)27(34)35/h3-5,10-15,21-22H,6-9H2,1-2H3,(H,29,30)(H,34,35)(H,31,32,33). The summed E-state index contributed by atoms with van der Waals surface area (Å²) in [5, 5.41) is 14.9. The lowest BCUT2D eigenvalue weighted by atomic mass is 9.61. The van der Waals surface area contributed by atoms with E-state index < -0.39 is 17.7 Å². The molecule has 3 heterocycles. The molecule has 0 saturated heterocycles. The lowest BCUT2D eigenvalue weighted by Gasteiger charge is -2.47. The highest BCUT2D eigenvalue weighted by molar-refractivity contribution is 5.97. The quantitative estimate of drug-likeness (QED) is 0.332. The van der Waals surface area contributed by atoms with Crippen LogP contribution < -0.4 is 10.1 Å². The first kappa shape index (κ1) is 22.7. The zero-order chi connectivity index (χ0) is 25.0. The Balaban J connectivity index is 1.53. The van der Waals surface area contributed by atoms with Crippen molar-refractivity contribution < 1.29 is 19.0 Å². The van der Waals surface area contributed by atoms with Gasteiger partial charge < -0.3 is 20.1 Å². The third-order valence-electron chi connectivity index (χ3n) is 7.60. The third kappa shape index (κ3) is 3.83. The minimum Gasteiger partial charge on any atom is -0.489 e. The van der Waals surface area contributed by atoms with E-state index in [4.69, 9.17) is 14.7 Å². The second-order valence-corrected chi connectivity index (χ2v) is 10.2. The first-order valence-corrected chi connectivity index (χ1v) is 12.5. The Labute approximate surface area is 207 Å². The van der Waals surface area contributed by atoms with Crippen LogP contribution in [0.25, 0.3) is 33.3 Å². The first-order chi connectivity index (χ1) is 17.4. The van der Waals surface area contributed by atoms with E-state index >= 15 is 0 Å². The van der Waals surface area contributed by atoms with Crippen molar-refractivity contribution in [3.05, 3.63) is 42.5 Å². The van der Waals surface area contributed by atoms with Gasteiger partial charge in [-0.05, 0) is 69.6 Å². The van der Waals surface area contributed by atoms with Crippen LogP contribution in [0.2, 0.25) is 0 Å². The number of carbonyl (C=O) groups is 1. The summed E-state index contributed by atoms with van der Waals surface area (Å²) in [6.07, 6.45) is 6.74. The van der Waals surface area contributed by atoms with E-state index in [0.29, 0.717) is 39.5 Å². The second-order valence-electron chi connectivity index (χ2n) is 10.2. The van der Waals surface area contributed by atoms with Gasteiger partial charge in [-0.25, -0.2) is 19.3 Å². The van der Waals surface area contributed by atoms with Gasteiger partial charge in [-0.3, -0.25) is 4.79 Å². The van der Waals surface area contributed by atoms with E-state index in [0.717, 1.165) is 37.3 Å². The molecule has 3 N–H and O–H groups in total. The summed E-state index contributed by atoms with van der Waals surface area (Å²) in [6, 6.07) is 6.86. The van der Waals surface area contributed by atoms with Gasteiger partial charge in [0.05, 0.1) is 18.2 Å². The van der Waals surface area contributed by atoms with Gasteiger partial charge in [-0.1, -0.05) is 6.07 Å². The fourth-order valence-corrected chi connectivity index (χ4v) is 6.04. The summed E-state index contributed by atoms with van der Waals surface area (Å²) < 4.78 is 20.1. The molecular weight excluding hydrogens is 461 g/mol. The topological polar surface area (TPSA) is 113 Å². The molecule has 3 aliphatic carbocycles. The highest BCUT2D eigenvalue weighted by Gasteiger charge is 2.47. The number of H-pyrrole nitrogens is 1. The van der Waals surface area contributed by atoms with Gasteiger partial charge >= 0.3 is 5.97 Å². The van der Waals surface area contributed by atoms with Crippen LogP contribution in [-0.4, -0.2) is 43.2 Å². The number of para-hydroxylation sites is 1. The number of hydrogen-bond acceptors (Lipinski definition) is 6. The predicted molar refractivity (Wildman–Crippen MR) is 134 cm³/mol. The number of carboxylic acid groups (broad SMARTS) is 1. The van der Waals surface area contributed by atoms with Gasteiger partial charge in [0, 0.05) is 28.6 Å². The predicted octanol–water partition coefficient (Wildman–Crippen LogP) is 5.40. The van der Waals surface area contributed by atoms with E-state index in [-0.39, 0.29) is 24.0 Å². The van der Waals surface area contributed by atoms with E-state index in [2.05, 4.69) is 15.3 Å². The van der Waals surface area contributed by atoms with Crippen LogP contribution in [0.3, 0.4) is 0 Å². The minimum absolute atomic E-state index is 0.0673. The number of ether oxygens (including phenoxy) is 1. The molecule has 4 aromatic rings. The number of carboxylic acids is 1. The lowest BCUT2D eigenvalue weighted by Crippen LogP contribution is -2.51. The molecule has 7 rings (SSSR count). The van der Waals surface area contributed by atoms with Crippen molar-refractivity contribution in [3.63, 3.8) is 0 Å². The van der Waals surface area contributed by atoms with Gasteiger partial charge in [0.2, 0.25) is 0 Å². The van der Waals surface area contributed by atoms with E-state index in [1.807, 2.05) is 32.0 Å². The van der Waals surface area contributed by atoms with Gasteiger partial charge in [-0.2, -0.15) is 0 Å². The largest absolute Gasteiger partial charge is 0.489 e. The zero-order valence-electron chi connectivity index (χ0n) is 20.2. The maximum Gasteiger partial charge on any atom is 0.308 e. The van der Waals surface area contributed by atoms with Gasteiger partial charge in [0.15, 0.2) is 5.82 Å². The van der Waals surface area contributed by atoms with Gasteiger partial charge in [0.1, 0.15) is 28.5 Å². The third-order valence-corrected chi connectivity index (χ3v) is 7.60. The molecule has 0 aliphatic heterocycles. The first-order valence-electron chi connectivity index (χ1n) is 12.5. The van der Waals surface area contributed by atoms with Crippen LogP contribution in [0.4, 0.5) is 10.2 Å². The smallest absolute Gasteiger partial charge is 0.308 e. The van der Waals surface area contributed by atoms with E-state index in [9.17, 15) is 14.3 Å². The number of nitrogens with zero attached hydrogens (tertiary/aromatic N) is 3. The molecule has 1 aromatic carbocycles. The summed E-state index contributed by atoms with van der Waals surface area (Å²) in [7, 11) is 0. The Bertz CT molecular complexity index is 1460. The number of nitrogens with one attached hydrogen (secondary N) is 2. The number of rotatable bonds is 6. The molecule has 0 amide bonds. The van der Waals surface area contributed by atoms with Crippen molar-refractivity contribution in [1.82, 2.24) is 19.9 Å². The second kappa shape index (κ2) is 8.72. The molecule has 36 heavy (non-hydrogen) atoms. The molecule has 2 bridgehead atoms. The summed E-state index contributed by atoms with van der Waals surface area (Å²) in [4.78, 5) is 29.2. The Morgan fingerprint density at radius 1 is 1.17 bits per heavy atom. The summed E-state index contributed by atoms with van der Waals surface area (Å²) in [6.45, 7) is 3.90. The molecule has 3 saturated carbocycles. The molecule has 3 aromatic heterocycles. The molecule has 3 aliphatic rings. The highest BCUT2D eigenvalue weighted by atomic mass is 19.1. The molecule has 8 nitrogen and oxygen atoms in total. The Morgan fingerprint density at radius 2 is 1.94 bits per heavy atom. The number of anilines is 1. The number of pyridine rings is 1. The van der Waals surface area contributed by atoms with Crippen LogP contribution in [0.15, 0.2) is 36.7 Å². The highest BCUT2D eigenvalue weighted by Crippen LogP contribution is 2.47. The average molecular weight is 490 g/mol. The lowest BCUT2D eigenvalue weighted by molar-refractivity contribution is -0.148. The normalized spacial score (nSPS) is 23.4. The Kier molecular flexibility index (Phi) is 5.50. The maximum atomic E-state index is 14.1. The molecule has 0 spiro atoms. The number of aromatic nitrogens is 4. The van der Waals surface area contributed by atoms with Gasteiger partial charge in [0.25, 0.3) is 0 Å². The number of fused-ring (bicyclic) bond motifs is 5. The van der Waals surface area contributed by atoms with Crippen LogP contribution in [0.5, 0.6) is 5.75 Å². The van der Waals surface area contributed by atoms with Crippen LogP contribution in [0.1, 0.15) is 39.5 Å². The van der Waals surface area contributed by atoms with Crippen molar-refractivity contribution >= 4 is 33.7 Å². The number of aromatic amines is 1. The SMILES string of the molecule is CC(C)Oc1cccc2c(NC3C4CCC(CC4)C3C(=O)O)nc(-c3c[nH]c4ncc(F)cc34)nc12. The van der Waals surface area contributed by atoms with Crippen molar-refractivity contribution in [2.24, 2.45) is 17.8 Å². The fourth-order valence-electron chi connectivity index (χ4n) is 6.04. The van der Waals surface area contributed by atoms with Gasteiger partial charge in [-0.15, -0.1) is 0 Å². The Morgan fingerprint density at radius 3 is 2.69 bits per heavy atom. The minimum atomic E-state index is -0.762. The number of hydrogen-bond donors (Lipinski definition) is 3. The van der Waals surface area contributed by atoms with E-state index in [1.54, 1.807) is 6.20 Å². The van der Waals surface area contributed by atoms with E-state index in [1.165, 1.54) is 6.07 Å². The molecule has 2 unspecified atom stereocenters. The summed E-state index contributed by atoms with van der Waals surface area (Å²) >= 11 is 0. The summed E-state index contributed by atoms with van der Waals surface area (Å²) in [5.74, 6) is 0.316. The molecule has 186 valence electrons. The average Bonchev–Trinajstić information content (AvgIpc) is 3.27. The van der Waals surface area contributed by atoms with Crippen molar-refractivity contribution in [1.29, 1.82) is 0 Å². The van der Waals surface area contributed by atoms with Crippen LogP contribution >= 0.6 is 0 Å². The van der Waals surface area contributed by atoms with Crippen LogP contribution in [0, 0.1) is 23.6 Å². The monoisotopic (exact) mass is 489 g/mol. The maximum absolute atomic E-state index is 14.1. The number of halogens is 1. The number of benzene rings is 1. The molecule has 2 atom stereocenters. The van der Waals surface area contributed by atoms with Crippen molar-refractivity contribution in [2.75, 3.05) is 5.32 Å². The summed E-state index contributed by atoms with van der Waals surface area (Å²) in [5.41, 5.74) is 1.76. The molecule has 3 fully saturated rings. The fraction of sp³-hybridized carbons (Fsp3) is 0.407. The zero-order valence-corrected chi connectivity index (χ0v) is 20.2.